The maximum absolute atomic E-state index is 12.1. The van der Waals surface area contributed by atoms with Gasteiger partial charge in [-0.25, -0.2) is 4.57 Å². The zero-order chi connectivity index (χ0) is 19.2. The zero-order valence-electron chi connectivity index (χ0n) is 15.9. The van der Waals surface area contributed by atoms with Gasteiger partial charge in [0.2, 0.25) is 11.7 Å². The van der Waals surface area contributed by atoms with Gasteiger partial charge in [0.15, 0.2) is 6.33 Å². The van der Waals surface area contributed by atoms with E-state index in [0.717, 1.165) is 0 Å². The number of hydrogen-bond donors (Lipinski definition) is 4. The van der Waals surface area contributed by atoms with Gasteiger partial charge in [-0.2, -0.15) is 0 Å². The number of aryl methyl sites for hydroxylation is 1. The number of phosphoric acid groups is 1. The van der Waals surface area contributed by atoms with E-state index < -0.39 is 44.5 Å². The Bertz CT molecular complexity index is 939. The Morgan fingerprint density at radius 2 is 2.03 bits per heavy atom. The molecule has 29 heavy (non-hydrogen) atoms. The molecule has 3 rings (SSSR count). The molecule has 0 saturated carbocycles. The Morgan fingerprint density at radius 3 is 2.59 bits per heavy atom. The van der Waals surface area contributed by atoms with Crippen LogP contribution in [-0.2, 0) is 20.4 Å². The number of rotatable bonds is 5. The van der Waals surface area contributed by atoms with E-state index in [2.05, 4.69) is 14.5 Å². The number of nitrogen functional groups attached to an aromatic ring is 1. The van der Waals surface area contributed by atoms with Gasteiger partial charge >= 0.3 is 64.8 Å². The molecule has 0 radical (unpaired) electrons. The Balaban J connectivity index is 0.00000261. The minimum absolute atomic E-state index is 0. The van der Waals surface area contributed by atoms with Gasteiger partial charge in [-0.15, -0.1) is 0 Å². The predicted molar refractivity (Wildman–Crippen MR) is 80.1 cm³/mol. The van der Waals surface area contributed by atoms with Gasteiger partial charge in [0.1, 0.15) is 18.3 Å². The second-order valence-corrected chi connectivity index (χ2v) is 6.87. The number of fused-ring (bicyclic) bond motifs is 1. The standard InChI is InChI=1S/C12H18N5O8P.BrH.2Na/c1-2-16-4-17(9-6(16)10(20)15-12(13)14-9)11-8(19)7(18)5(25-11)3-24-26(21,22)23;;;/h4-5,7-8,11,18-19H,2-3H2,1H3,(H4-,13,14,15,20,21,22,23);1H;;/q;;2*+1/p-2/t5-,7-,8-,11-;;;/m1.../s1. The predicted octanol–water partition coefficient (Wildman–Crippen LogP) is -12.9. The Labute approximate surface area is 219 Å². The first kappa shape index (κ1) is 29.6. The minimum Gasteiger partial charge on any atom is -1.00 e. The first-order chi connectivity index (χ1) is 12.1. The molecular formula is C12H17BrN5Na2O8P. The average molecular weight is 516 g/mol. The number of anilines is 1. The summed E-state index contributed by atoms with van der Waals surface area (Å²) in [6.45, 7) is 1.41. The van der Waals surface area contributed by atoms with Crippen molar-refractivity contribution in [1.82, 2.24) is 14.5 Å². The summed E-state index contributed by atoms with van der Waals surface area (Å²) < 4.78 is 23.0. The van der Waals surface area contributed by atoms with Crippen molar-refractivity contribution in [3.63, 3.8) is 0 Å². The van der Waals surface area contributed by atoms with Gasteiger partial charge in [0, 0.05) is 0 Å². The van der Waals surface area contributed by atoms with E-state index in [1.165, 1.54) is 15.5 Å². The number of phosphoric ester groups is 1. The van der Waals surface area contributed by atoms with Crippen LogP contribution in [0.15, 0.2) is 11.1 Å². The molecule has 13 nitrogen and oxygen atoms in total. The summed E-state index contributed by atoms with van der Waals surface area (Å²) in [6, 6.07) is 0. The van der Waals surface area contributed by atoms with Gasteiger partial charge in [0.25, 0.3) is 11.5 Å². The molecule has 1 aliphatic rings. The van der Waals surface area contributed by atoms with Crippen LogP contribution in [-0.4, -0.2) is 49.7 Å². The molecular weight excluding hydrogens is 499 g/mol. The van der Waals surface area contributed by atoms with Crippen LogP contribution < -0.4 is 102 Å². The zero-order valence-corrected chi connectivity index (χ0v) is 22.4. The van der Waals surface area contributed by atoms with Crippen LogP contribution in [0.3, 0.4) is 0 Å². The molecule has 0 aliphatic carbocycles. The number of imidazole rings is 1. The molecule has 0 spiro atoms. The largest absolute Gasteiger partial charge is 1.00 e. The van der Waals surface area contributed by atoms with Crippen LogP contribution in [0.5, 0.6) is 0 Å². The van der Waals surface area contributed by atoms with Crippen molar-refractivity contribution < 1.29 is 114 Å². The van der Waals surface area contributed by atoms with E-state index in [1.54, 1.807) is 6.92 Å². The molecule has 1 fully saturated rings. The van der Waals surface area contributed by atoms with Crippen LogP contribution in [0, 0.1) is 0 Å². The molecule has 5 N–H and O–H groups in total. The summed E-state index contributed by atoms with van der Waals surface area (Å²) in [7, 11) is -5.27. The van der Waals surface area contributed by atoms with E-state index in [0.29, 0.717) is 6.54 Å². The number of aromatic amines is 1. The van der Waals surface area contributed by atoms with Crippen LogP contribution in [0.2, 0.25) is 0 Å². The summed E-state index contributed by atoms with van der Waals surface area (Å²) in [5.41, 5.74) is 5.34. The number of nitrogens with two attached hydrogens (primary N) is 1. The Hall–Kier alpha value is 0.620. The Kier molecular flexibility index (Phi) is 11.7. The topological polar surface area (TPSA) is 203 Å². The van der Waals surface area contributed by atoms with Crippen molar-refractivity contribution in [3.8, 4) is 0 Å². The van der Waals surface area contributed by atoms with Crippen LogP contribution >= 0.6 is 7.82 Å². The summed E-state index contributed by atoms with van der Waals surface area (Å²) in [4.78, 5) is 39.7. The van der Waals surface area contributed by atoms with E-state index in [-0.39, 0.29) is 93.2 Å². The summed E-state index contributed by atoms with van der Waals surface area (Å²) in [5, 5.41) is 20.3. The number of aromatic nitrogens is 4. The van der Waals surface area contributed by atoms with E-state index in [4.69, 9.17) is 10.5 Å². The van der Waals surface area contributed by atoms with E-state index in [1.807, 2.05) is 0 Å². The molecule has 2 aromatic heterocycles. The Morgan fingerprint density at radius 1 is 1.41 bits per heavy atom. The van der Waals surface area contributed by atoms with Crippen molar-refractivity contribution in [1.29, 1.82) is 0 Å². The van der Waals surface area contributed by atoms with Crippen LogP contribution in [0.4, 0.5) is 5.95 Å². The number of nitrogens with zero attached hydrogens (tertiary/aromatic N) is 3. The summed E-state index contributed by atoms with van der Waals surface area (Å²) in [6.07, 6.45) is -4.07. The molecule has 0 aromatic carbocycles. The third-order valence-electron chi connectivity index (χ3n) is 4.04. The molecule has 3 heterocycles. The number of ether oxygens (including phenoxy) is 1. The smallest absolute Gasteiger partial charge is 1.00 e. The maximum atomic E-state index is 12.1. The van der Waals surface area contributed by atoms with Gasteiger partial charge < -0.3 is 56.5 Å². The number of nitrogens with one attached hydrogen (secondary N) is 1. The molecule has 0 amide bonds. The number of aliphatic hydroxyl groups excluding tert-OH is 2. The quantitative estimate of drug-likeness (QED) is 0.168. The second-order valence-electron chi connectivity index (χ2n) is 5.72. The molecule has 1 saturated heterocycles. The first-order valence-electron chi connectivity index (χ1n) is 7.60. The average Bonchev–Trinajstić information content (AvgIpc) is 3.04. The molecule has 152 valence electrons. The molecule has 1 aliphatic heterocycles. The number of H-pyrrole nitrogens is 1. The van der Waals surface area contributed by atoms with Crippen LogP contribution in [0.1, 0.15) is 13.2 Å². The van der Waals surface area contributed by atoms with Gasteiger partial charge in [0.05, 0.1) is 21.0 Å². The molecule has 2 aromatic rings. The van der Waals surface area contributed by atoms with E-state index >= 15 is 0 Å². The van der Waals surface area contributed by atoms with Crippen molar-refractivity contribution >= 4 is 24.9 Å². The van der Waals surface area contributed by atoms with Gasteiger partial charge in [-0.1, -0.05) is 4.98 Å². The van der Waals surface area contributed by atoms with Crippen molar-refractivity contribution in [2.24, 2.45) is 0 Å². The fraction of sp³-hybridized carbons (Fsp3) is 0.583. The first-order valence-corrected chi connectivity index (χ1v) is 9.06. The number of halogens is 1. The minimum atomic E-state index is -5.27. The summed E-state index contributed by atoms with van der Waals surface area (Å²) in [5.74, 6) is -0.156. The second kappa shape index (κ2) is 11.5. The summed E-state index contributed by atoms with van der Waals surface area (Å²) >= 11 is 0. The monoisotopic (exact) mass is 515 g/mol. The number of hydrogen-bond acceptors (Lipinski definition) is 10. The van der Waals surface area contributed by atoms with Crippen molar-refractivity contribution in [2.75, 3.05) is 12.3 Å². The van der Waals surface area contributed by atoms with Crippen molar-refractivity contribution in [2.45, 2.75) is 38.0 Å². The van der Waals surface area contributed by atoms with Gasteiger partial charge in [-0.3, -0.25) is 14.3 Å². The fourth-order valence-electron chi connectivity index (χ4n) is 2.86. The van der Waals surface area contributed by atoms with Crippen molar-refractivity contribution in [3.05, 3.63) is 16.7 Å². The van der Waals surface area contributed by atoms with Crippen LogP contribution in [0.25, 0.3) is 11.2 Å². The number of aliphatic hydroxyl groups is 2. The fourth-order valence-corrected chi connectivity index (χ4v) is 3.19. The molecule has 0 unspecified atom stereocenters. The third kappa shape index (κ3) is 6.33. The van der Waals surface area contributed by atoms with E-state index in [9.17, 15) is 29.4 Å². The molecule has 0 bridgehead atoms. The third-order valence-corrected chi connectivity index (χ3v) is 4.50. The SMILES string of the molecule is CCn1c[n+]([C@@H]2O[C@H](COP(=O)([O-])[O-])[C@@H](O)[C@H]2O)c2nc(N)[nH]c(=O)c21.[Br-].[Na+].[Na+]. The van der Waals surface area contributed by atoms with Gasteiger partial charge in [-0.05, 0) is 6.92 Å². The molecule has 4 atom stereocenters. The maximum Gasteiger partial charge on any atom is 1.00 e. The molecule has 17 heteroatoms. The normalized spacial score (nSPS) is 23.9.